The molecule has 3 heteroatoms. The predicted octanol–water partition coefficient (Wildman–Crippen LogP) is 2.71. The molecule has 1 amide bonds. The summed E-state index contributed by atoms with van der Waals surface area (Å²) < 4.78 is 0. The maximum atomic E-state index is 11.5. The van der Waals surface area contributed by atoms with Gasteiger partial charge in [0, 0.05) is 17.1 Å². The standard InChI is InChI=1S/C16H26N2O/c1-6-9-16(10-7-2)12-13(17-14(19)8-3)11-15(4,5)18-16/h6-8,13,18H,1-3,9-12H2,4-5H3,(H,17,19). The van der Waals surface area contributed by atoms with Gasteiger partial charge in [-0.25, -0.2) is 0 Å². The number of carbonyl (C=O) groups is 1. The fourth-order valence-electron chi connectivity index (χ4n) is 3.25. The number of piperidine rings is 1. The van der Waals surface area contributed by atoms with Crippen LogP contribution in [-0.2, 0) is 4.79 Å². The molecule has 2 N–H and O–H groups in total. The lowest BCUT2D eigenvalue weighted by Gasteiger charge is -2.49. The third-order valence-electron chi connectivity index (χ3n) is 3.60. The quantitative estimate of drug-likeness (QED) is 0.571. The van der Waals surface area contributed by atoms with E-state index in [1.165, 1.54) is 6.08 Å². The molecule has 1 saturated heterocycles. The molecule has 0 radical (unpaired) electrons. The molecule has 0 aromatic carbocycles. The molecule has 1 rings (SSSR count). The van der Waals surface area contributed by atoms with Gasteiger partial charge in [-0.05, 0) is 45.6 Å². The fourth-order valence-corrected chi connectivity index (χ4v) is 3.25. The van der Waals surface area contributed by atoms with Gasteiger partial charge >= 0.3 is 0 Å². The summed E-state index contributed by atoms with van der Waals surface area (Å²) in [7, 11) is 0. The summed E-state index contributed by atoms with van der Waals surface area (Å²) in [4.78, 5) is 11.5. The second-order valence-corrected chi connectivity index (χ2v) is 6.09. The van der Waals surface area contributed by atoms with Crippen molar-refractivity contribution in [3.8, 4) is 0 Å². The van der Waals surface area contributed by atoms with E-state index in [1.54, 1.807) is 0 Å². The number of carbonyl (C=O) groups excluding carboxylic acids is 1. The summed E-state index contributed by atoms with van der Waals surface area (Å²) in [6.45, 7) is 15.6. The first kappa shape index (κ1) is 15.7. The van der Waals surface area contributed by atoms with Gasteiger partial charge in [0.25, 0.3) is 0 Å². The number of rotatable bonds is 6. The van der Waals surface area contributed by atoms with E-state index in [0.717, 1.165) is 25.7 Å². The fraction of sp³-hybridized carbons (Fsp3) is 0.562. The van der Waals surface area contributed by atoms with Crippen LogP contribution in [0.5, 0.6) is 0 Å². The van der Waals surface area contributed by atoms with Gasteiger partial charge in [0.1, 0.15) is 0 Å². The lowest BCUT2D eigenvalue weighted by molar-refractivity contribution is -0.117. The van der Waals surface area contributed by atoms with Gasteiger partial charge < -0.3 is 10.6 Å². The van der Waals surface area contributed by atoms with Crippen molar-refractivity contribution >= 4 is 5.91 Å². The van der Waals surface area contributed by atoms with Gasteiger partial charge in [-0.1, -0.05) is 18.7 Å². The van der Waals surface area contributed by atoms with Crippen molar-refractivity contribution in [3.05, 3.63) is 38.0 Å². The Morgan fingerprint density at radius 3 is 2.32 bits per heavy atom. The van der Waals surface area contributed by atoms with E-state index < -0.39 is 0 Å². The van der Waals surface area contributed by atoms with Crippen LogP contribution in [0.3, 0.4) is 0 Å². The minimum atomic E-state index is -0.103. The summed E-state index contributed by atoms with van der Waals surface area (Å²) in [6, 6.07) is 0.154. The molecule has 1 atom stereocenters. The third kappa shape index (κ3) is 4.35. The molecular weight excluding hydrogens is 236 g/mol. The average molecular weight is 262 g/mol. The van der Waals surface area contributed by atoms with E-state index in [4.69, 9.17) is 0 Å². The van der Waals surface area contributed by atoms with Crippen LogP contribution in [0, 0.1) is 0 Å². The summed E-state index contributed by atoms with van der Waals surface area (Å²) in [5.74, 6) is -0.103. The van der Waals surface area contributed by atoms with Crippen molar-refractivity contribution in [2.45, 2.75) is 56.7 Å². The Balaban J connectivity index is 2.92. The second-order valence-electron chi connectivity index (χ2n) is 6.09. The van der Waals surface area contributed by atoms with Crippen LogP contribution in [-0.4, -0.2) is 23.0 Å². The minimum Gasteiger partial charge on any atom is -0.350 e. The van der Waals surface area contributed by atoms with Crippen LogP contribution in [0.1, 0.15) is 39.5 Å². The minimum absolute atomic E-state index is 0.0244. The molecular formula is C16H26N2O. The second kappa shape index (κ2) is 6.20. The monoisotopic (exact) mass is 262 g/mol. The van der Waals surface area contributed by atoms with Crippen molar-refractivity contribution in [2.24, 2.45) is 0 Å². The summed E-state index contributed by atoms with van der Waals surface area (Å²) in [6.07, 6.45) is 8.72. The number of hydrogen-bond acceptors (Lipinski definition) is 2. The lowest BCUT2D eigenvalue weighted by atomic mass is 9.74. The molecule has 0 aromatic heterocycles. The largest absolute Gasteiger partial charge is 0.350 e. The highest BCUT2D eigenvalue weighted by molar-refractivity contribution is 5.87. The first-order chi connectivity index (χ1) is 8.86. The molecule has 1 heterocycles. The topological polar surface area (TPSA) is 41.1 Å². The van der Waals surface area contributed by atoms with Gasteiger partial charge in [-0.3, -0.25) is 4.79 Å². The Kier molecular flexibility index (Phi) is 5.12. The van der Waals surface area contributed by atoms with Gasteiger partial charge in [0.2, 0.25) is 5.91 Å². The smallest absolute Gasteiger partial charge is 0.243 e. The molecule has 3 nitrogen and oxygen atoms in total. The Morgan fingerprint density at radius 1 is 1.26 bits per heavy atom. The first-order valence-corrected chi connectivity index (χ1v) is 6.80. The Bertz CT molecular complexity index is 361. The number of nitrogens with one attached hydrogen (secondary N) is 2. The highest BCUT2D eigenvalue weighted by Gasteiger charge is 2.42. The maximum absolute atomic E-state index is 11.5. The van der Waals surface area contributed by atoms with E-state index in [2.05, 4.69) is 44.2 Å². The van der Waals surface area contributed by atoms with Crippen LogP contribution >= 0.6 is 0 Å². The zero-order valence-corrected chi connectivity index (χ0v) is 12.2. The van der Waals surface area contributed by atoms with E-state index >= 15 is 0 Å². The summed E-state index contributed by atoms with van der Waals surface area (Å²) >= 11 is 0. The van der Waals surface area contributed by atoms with Crippen molar-refractivity contribution in [1.29, 1.82) is 0 Å². The Morgan fingerprint density at radius 2 is 1.84 bits per heavy atom. The molecule has 0 saturated carbocycles. The highest BCUT2D eigenvalue weighted by atomic mass is 16.1. The van der Waals surface area contributed by atoms with Crippen LogP contribution in [0.25, 0.3) is 0 Å². The number of hydrogen-bond donors (Lipinski definition) is 2. The van der Waals surface area contributed by atoms with E-state index in [9.17, 15) is 4.79 Å². The molecule has 0 bridgehead atoms. The predicted molar refractivity (Wildman–Crippen MR) is 80.9 cm³/mol. The van der Waals surface area contributed by atoms with Crippen molar-refractivity contribution in [1.82, 2.24) is 10.6 Å². The summed E-state index contributed by atoms with van der Waals surface area (Å²) in [5.41, 5.74) is -0.0895. The van der Waals surface area contributed by atoms with Gasteiger partial charge in [0.05, 0.1) is 0 Å². The van der Waals surface area contributed by atoms with Gasteiger partial charge in [0.15, 0.2) is 0 Å². The van der Waals surface area contributed by atoms with Crippen molar-refractivity contribution in [2.75, 3.05) is 0 Å². The molecule has 19 heavy (non-hydrogen) atoms. The van der Waals surface area contributed by atoms with Gasteiger partial charge in [-0.2, -0.15) is 0 Å². The van der Waals surface area contributed by atoms with E-state index in [1.807, 2.05) is 12.2 Å². The highest BCUT2D eigenvalue weighted by Crippen LogP contribution is 2.34. The maximum Gasteiger partial charge on any atom is 0.243 e. The number of amides is 1. The van der Waals surface area contributed by atoms with Crippen molar-refractivity contribution in [3.63, 3.8) is 0 Å². The molecule has 106 valence electrons. The van der Waals surface area contributed by atoms with Crippen LogP contribution < -0.4 is 10.6 Å². The normalized spacial score (nSPS) is 24.2. The van der Waals surface area contributed by atoms with E-state index in [-0.39, 0.29) is 23.0 Å². The average Bonchev–Trinajstić information content (AvgIpc) is 2.26. The van der Waals surface area contributed by atoms with Crippen LogP contribution in [0.4, 0.5) is 0 Å². The van der Waals surface area contributed by atoms with Gasteiger partial charge in [-0.15, -0.1) is 13.2 Å². The SMILES string of the molecule is C=CCC1(CC=C)CC(NC(=O)C=C)CC(C)(C)N1. The third-order valence-corrected chi connectivity index (χ3v) is 3.60. The molecule has 1 aliphatic heterocycles. The van der Waals surface area contributed by atoms with Crippen LogP contribution in [0.2, 0.25) is 0 Å². The van der Waals surface area contributed by atoms with E-state index in [0.29, 0.717) is 0 Å². The van der Waals surface area contributed by atoms with Crippen molar-refractivity contribution < 1.29 is 4.79 Å². The molecule has 1 unspecified atom stereocenters. The molecule has 0 aliphatic carbocycles. The Hall–Kier alpha value is -1.35. The molecule has 0 spiro atoms. The molecule has 0 aromatic rings. The zero-order chi connectivity index (χ0) is 14.5. The Labute approximate surface area is 116 Å². The summed E-state index contributed by atoms with van der Waals surface area (Å²) in [5, 5.41) is 6.74. The first-order valence-electron chi connectivity index (χ1n) is 6.80. The lowest BCUT2D eigenvalue weighted by Crippen LogP contribution is -2.64. The zero-order valence-electron chi connectivity index (χ0n) is 12.2. The molecule has 1 fully saturated rings. The van der Waals surface area contributed by atoms with Crippen LogP contribution in [0.15, 0.2) is 38.0 Å². The molecule has 1 aliphatic rings.